The van der Waals surface area contributed by atoms with Crippen LogP contribution in [0.1, 0.15) is 21.5 Å². The van der Waals surface area contributed by atoms with Gasteiger partial charge >= 0.3 is 0 Å². The largest absolute Gasteiger partial charge is 0.488 e. The second-order valence-corrected chi connectivity index (χ2v) is 7.62. The van der Waals surface area contributed by atoms with E-state index in [0.717, 1.165) is 24.3 Å². The van der Waals surface area contributed by atoms with Gasteiger partial charge in [0.25, 0.3) is 5.91 Å². The van der Waals surface area contributed by atoms with E-state index in [1.54, 1.807) is 7.05 Å². The van der Waals surface area contributed by atoms with Crippen LogP contribution in [-0.2, 0) is 13.0 Å². The van der Waals surface area contributed by atoms with Gasteiger partial charge in [-0.3, -0.25) is 9.79 Å². The molecule has 1 aliphatic rings. The van der Waals surface area contributed by atoms with Crippen molar-refractivity contribution < 1.29 is 9.53 Å². The van der Waals surface area contributed by atoms with E-state index in [2.05, 4.69) is 27.0 Å². The average Bonchev–Trinajstić information content (AvgIpc) is 3.16. The molecule has 168 valence electrons. The van der Waals surface area contributed by atoms with Crippen molar-refractivity contribution in [2.24, 2.45) is 4.99 Å². The predicted octanol–water partition coefficient (Wildman–Crippen LogP) is 2.26. The summed E-state index contributed by atoms with van der Waals surface area (Å²) in [7, 11) is 5.71. The van der Waals surface area contributed by atoms with Crippen molar-refractivity contribution >= 4 is 35.8 Å². The average molecular weight is 537 g/mol. The Balaban J connectivity index is 0.00000341. The van der Waals surface area contributed by atoms with Crippen LogP contribution in [-0.4, -0.2) is 63.6 Å². The van der Waals surface area contributed by atoms with Crippen LogP contribution in [0.15, 0.2) is 53.5 Å². The number of nitrogens with zero attached hydrogens (tertiary/aromatic N) is 2. The Hall–Kier alpha value is -2.33. The first-order valence-electron chi connectivity index (χ1n) is 10.3. The molecule has 0 bridgehead atoms. The Morgan fingerprint density at radius 1 is 1.13 bits per heavy atom. The fourth-order valence-electron chi connectivity index (χ4n) is 3.30. The molecule has 0 aliphatic carbocycles. The maximum atomic E-state index is 12.3. The van der Waals surface area contributed by atoms with E-state index in [0.29, 0.717) is 31.2 Å². The lowest BCUT2D eigenvalue weighted by Crippen LogP contribution is -2.42. The summed E-state index contributed by atoms with van der Waals surface area (Å²) in [5.41, 5.74) is 2.92. The van der Waals surface area contributed by atoms with E-state index >= 15 is 0 Å². The molecule has 1 aliphatic heterocycles. The van der Waals surface area contributed by atoms with Gasteiger partial charge in [-0.1, -0.05) is 30.3 Å². The molecule has 7 nitrogen and oxygen atoms in total. The minimum atomic E-state index is -0.0563. The number of carbonyl (C=O) groups is 1. The number of amides is 1. The van der Waals surface area contributed by atoms with Crippen LogP contribution in [0.3, 0.4) is 0 Å². The molecule has 1 heterocycles. The molecule has 3 N–H and O–H groups in total. The number of aliphatic imine (C=N–C) groups is 1. The fraction of sp³-hybridized carbons (Fsp3) is 0.391. The Morgan fingerprint density at radius 3 is 2.68 bits per heavy atom. The second kappa shape index (κ2) is 12.5. The van der Waals surface area contributed by atoms with Crippen molar-refractivity contribution in [3.05, 3.63) is 65.2 Å². The molecule has 0 saturated heterocycles. The number of likely N-dealkylation sites (N-methyl/N-ethyl adjacent to an activating group) is 1. The third kappa shape index (κ3) is 7.70. The Morgan fingerprint density at radius 2 is 1.94 bits per heavy atom. The number of hydrogen-bond donors (Lipinski definition) is 3. The summed E-state index contributed by atoms with van der Waals surface area (Å²) in [5.74, 6) is 1.61. The molecule has 8 heteroatoms. The molecule has 3 rings (SSSR count). The van der Waals surface area contributed by atoms with E-state index in [4.69, 9.17) is 4.74 Å². The number of halogens is 1. The third-order valence-corrected chi connectivity index (χ3v) is 4.93. The molecule has 31 heavy (non-hydrogen) atoms. The maximum Gasteiger partial charge on any atom is 0.251 e. The zero-order valence-corrected chi connectivity index (χ0v) is 20.7. The van der Waals surface area contributed by atoms with Gasteiger partial charge in [-0.2, -0.15) is 0 Å². The van der Waals surface area contributed by atoms with Gasteiger partial charge in [0.05, 0.1) is 6.54 Å². The molecule has 1 atom stereocenters. The van der Waals surface area contributed by atoms with Crippen molar-refractivity contribution in [1.29, 1.82) is 0 Å². The summed E-state index contributed by atoms with van der Waals surface area (Å²) in [5, 5.41) is 9.56. The summed E-state index contributed by atoms with van der Waals surface area (Å²) in [6.45, 7) is 2.68. The van der Waals surface area contributed by atoms with Crippen molar-refractivity contribution in [2.75, 3.05) is 40.8 Å². The molecule has 0 spiro atoms. The molecular weight excluding hydrogens is 505 g/mol. The molecule has 0 radical (unpaired) electrons. The first kappa shape index (κ1) is 24.9. The topological polar surface area (TPSA) is 78.0 Å². The van der Waals surface area contributed by atoms with Gasteiger partial charge in [-0.15, -0.1) is 24.0 Å². The van der Waals surface area contributed by atoms with Crippen molar-refractivity contribution in [3.8, 4) is 5.75 Å². The molecule has 2 aromatic carbocycles. The van der Waals surface area contributed by atoms with E-state index < -0.39 is 0 Å². The molecule has 1 unspecified atom stereocenters. The van der Waals surface area contributed by atoms with Gasteiger partial charge in [-0.05, 0) is 43.4 Å². The number of fused-ring (bicyclic) bond motifs is 1. The number of guanidine groups is 1. The number of para-hydroxylation sites is 1. The normalized spacial score (nSPS) is 15.0. The molecule has 2 aromatic rings. The first-order valence-corrected chi connectivity index (χ1v) is 10.3. The van der Waals surface area contributed by atoms with Gasteiger partial charge in [-0.25, -0.2) is 0 Å². The summed E-state index contributed by atoms with van der Waals surface area (Å²) < 4.78 is 5.96. The van der Waals surface area contributed by atoms with E-state index in [1.165, 1.54) is 5.56 Å². The number of rotatable bonds is 8. The van der Waals surface area contributed by atoms with Gasteiger partial charge in [0.2, 0.25) is 0 Å². The van der Waals surface area contributed by atoms with Crippen LogP contribution in [0.4, 0.5) is 0 Å². The monoisotopic (exact) mass is 537 g/mol. The molecule has 0 saturated carbocycles. The van der Waals surface area contributed by atoms with Crippen molar-refractivity contribution in [3.63, 3.8) is 0 Å². The first-order chi connectivity index (χ1) is 14.5. The highest BCUT2D eigenvalue weighted by atomic mass is 127. The van der Waals surface area contributed by atoms with Gasteiger partial charge in [0.1, 0.15) is 11.9 Å². The van der Waals surface area contributed by atoms with Crippen LogP contribution >= 0.6 is 24.0 Å². The summed E-state index contributed by atoms with van der Waals surface area (Å²) >= 11 is 0. The molecule has 0 fully saturated rings. The summed E-state index contributed by atoms with van der Waals surface area (Å²) in [6, 6.07) is 15.8. The highest BCUT2D eigenvalue weighted by Crippen LogP contribution is 2.27. The Labute approximate surface area is 201 Å². The minimum absolute atomic E-state index is 0. The summed E-state index contributed by atoms with van der Waals surface area (Å²) in [6.07, 6.45) is 0.987. The highest BCUT2D eigenvalue weighted by molar-refractivity contribution is 14.0. The number of ether oxygens (including phenoxy) is 1. The summed E-state index contributed by atoms with van der Waals surface area (Å²) in [4.78, 5) is 18.6. The smallest absolute Gasteiger partial charge is 0.251 e. The molecule has 1 amide bonds. The zero-order chi connectivity index (χ0) is 21.3. The number of nitrogens with one attached hydrogen (secondary N) is 3. The van der Waals surface area contributed by atoms with Crippen LogP contribution < -0.4 is 20.7 Å². The van der Waals surface area contributed by atoms with E-state index in [-0.39, 0.29) is 36.0 Å². The van der Waals surface area contributed by atoms with Crippen molar-refractivity contribution in [2.45, 2.75) is 19.1 Å². The Kier molecular flexibility index (Phi) is 10.1. The van der Waals surface area contributed by atoms with Crippen LogP contribution in [0, 0.1) is 0 Å². The lowest BCUT2D eigenvalue weighted by molar-refractivity contribution is 0.0951. The van der Waals surface area contributed by atoms with Gasteiger partial charge in [0, 0.05) is 38.7 Å². The lowest BCUT2D eigenvalue weighted by Gasteiger charge is -2.16. The second-order valence-electron chi connectivity index (χ2n) is 7.62. The fourth-order valence-corrected chi connectivity index (χ4v) is 3.30. The number of carbonyl (C=O) groups excluding carboxylic acids is 1. The SMILES string of the molecule is CN=C(NCc1cccc(C(=O)NCCN(C)C)c1)NCC1Cc2ccccc2O1.I. The van der Waals surface area contributed by atoms with Gasteiger partial charge in [0.15, 0.2) is 5.96 Å². The zero-order valence-electron chi connectivity index (χ0n) is 18.4. The molecule has 0 aromatic heterocycles. The van der Waals surface area contributed by atoms with E-state index in [1.807, 2.05) is 61.5 Å². The molecular formula is C23H32IN5O2. The lowest BCUT2D eigenvalue weighted by atomic mass is 10.1. The van der Waals surface area contributed by atoms with Crippen molar-refractivity contribution in [1.82, 2.24) is 20.9 Å². The maximum absolute atomic E-state index is 12.3. The highest BCUT2D eigenvalue weighted by Gasteiger charge is 2.22. The Bertz CT molecular complexity index is 863. The predicted molar refractivity (Wildman–Crippen MR) is 136 cm³/mol. The van der Waals surface area contributed by atoms with E-state index in [9.17, 15) is 4.79 Å². The standard InChI is InChI=1S/C23H31N5O2.HI/c1-24-23(27-16-20-14-18-8-4-5-10-21(18)30-20)26-15-17-7-6-9-19(13-17)22(29)25-11-12-28(2)3;/h4-10,13,20H,11-12,14-16H2,1-3H3,(H,25,29)(H2,24,26,27);1H. The number of hydrogen-bond acceptors (Lipinski definition) is 4. The van der Waals surface area contributed by atoms with Crippen LogP contribution in [0.2, 0.25) is 0 Å². The quantitative estimate of drug-likeness (QED) is 0.274. The van der Waals surface area contributed by atoms with Crippen LogP contribution in [0.25, 0.3) is 0 Å². The van der Waals surface area contributed by atoms with Crippen LogP contribution in [0.5, 0.6) is 5.75 Å². The minimum Gasteiger partial charge on any atom is -0.488 e. The van der Waals surface area contributed by atoms with Gasteiger partial charge < -0.3 is 25.6 Å². The third-order valence-electron chi connectivity index (χ3n) is 4.93. The number of benzene rings is 2.